The third-order valence-corrected chi connectivity index (χ3v) is 4.98. The number of nitrogens with one attached hydrogen (secondary N) is 1. The Morgan fingerprint density at radius 1 is 1.29 bits per heavy atom. The Morgan fingerprint density at radius 3 is 2.68 bits per heavy atom. The topological polar surface area (TPSA) is 75.7 Å². The Bertz CT molecular complexity index is 779. The lowest BCUT2D eigenvalue weighted by Gasteiger charge is -2.26. The van der Waals surface area contributed by atoms with Gasteiger partial charge in [0, 0.05) is 34.6 Å². The number of halogens is 2. The molecular weight excluding hydrogens is 403 g/mol. The Morgan fingerprint density at radius 2 is 2.04 bits per heavy atom. The smallest absolute Gasteiger partial charge is 0.328 e. The minimum Gasteiger partial charge on any atom is -0.466 e. The molecule has 8 heteroatoms. The van der Waals surface area contributed by atoms with Crippen LogP contribution in [0.25, 0.3) is 0 Å². The average molecular weight is 427 g/mol. The van der Waals surface area contributed by atoms with Crippen LogP contribution in [0.15, 0.2) is 30.0 Å². The summed E-state index contributed by atoms with van der Waals surface area (Å²) in [4.78, 5) is 38.8. The lowest BCUT2D eigenvalue weighted by atomic mass is 9.99. The number of ether oxygens (including phenoxy) is 1. The van der Waals surface area contributed by atoms with E-state index in [0.29, 0.717) is 41.5 Å². The van der Waals surface area contributed by atoms with Crippen LogP contribution in [0.5, 0.6) is 0 Å². The van der Waals surface area contributed by atoms with Crippen molar-refractivity contribution < 1.29 is 19.1 Å². The van der Waals surface area contributed by atoms with Gasteiger partial charge in [-0.1, -0.05) is 35.3 Å². The summed E-state index contributed by atoms with van der Waals surface area (Å²) in [6.45, 7) is 4.11. The highest BCUT2D eigenvalue weighted by molar-refractivity contribution is 6.35. The molecule has 1 aliphatic rings. The van der Waals surface area contributed by atoms with Crippen molar-refractivity contribution >= 4 is 41.1 Å². The van der Waals surface area contributed by atoms with E-state index in [1.54, 1.807) is 32.0 Å². The van der Waals surface area contributed by atoms with Crippen LogP contribution in [0.1, 0.15) is 38.7 Å². The minimum absolute atomic E-state index is 0.0502. The van der Waals surface area contributed by atoms with Crippen LogP contribution in [0.3, 0.4) is 0 Å². The van der Waals surface area contributed by atoms with Crippen molar-refractivity contribution in [2.75, 3.05) is 13.2 Å². The Balaban J connectivity index is 2.30. The van der Waals surface area contributed by atoms with Crippen LogP contribution in [-0.4, -0.2) is 36.0 Å². The maximum absolute atomic E-state index is 13.1. The van der Waals surface area contributed by atoms with Gasteiger partial charge in [-0.2, -0.15) is 0 Å². The van der Waals surface area contributed by atoms with E-state index in [1.807, 2.05) is 6.08 Å². The van der Waals surface area contributed by atoms with Gasteiger partial charge >= 0.3 is 12.0 Å². The van der Waals surface area contributed by atoms with E-state index in [9.17, 15) is 14.4 Å². The SMILES string of the molecule is CCNC(=O)N1C(=O)C(CC(=O)OCC)CCC=C1Cc1ccc(Cl)cc1Cl. The van der Waals surface area contributed by atoms with Crippen molar-refractivity contribution in [2.45, 2.75) is 39.5 Å². The molecule has 0 radical (unpaired) electrons. The number of allylic oxidation sites excluding steroid dienone is 2. The summed E-state index contributed by atoms with van der Waals surface area (Å²) >= 11 is 12.2. The zero-order valence-electron chi connectivity index (χ0n) is 16.0. The molecule has 0 aromatic heterocycles. The lowest BCUT2D eigenvalue weighted by Crippen LogP contribution is -2.45. The second kappa shape index (κ2) is 10.5. The second-order valence-corrected chi connectivity index (χ2v) is 7.24. The highest BCUT2D eigenvalue weighted by Crippen LogP contribution is 2.29. The van der Waals surface area contributed by atoms with Crippen molar-refractivity contribution in [1.29, 1.82) is 0 Å². The number of urea groups is 1. The first-order valence-electron chi connectivity index (χ1n) is 9.27. The van der Waals surface area contributed by atoms with E-state index in [4.69, 9.17) is 27.9 Å². The fourth-order valence-corrected chi connectivity index (χ4v) is 3.55. The van der Waals surface area contributed by atoms with Gasteiger partial charge in [-0.25, -0.2) is 9.69 Å². The summed E-state index contributed by atoms with van der Waals surface area (Å²) in [5.74, 6) is -1.47. The van der Waals surface area contributed by atoms with E-state index in [2.05, 4.69) is 5.32 Å². The molecular formula is C20H24Cl2N2O4. The number of carbonyl (C=O) groups is 3. The summed E-state index contributed by atoms with van der Waals surface area (Å²) in [6.07, 6.45) is 3.12. The monoisotopic (exact) mass is 426 g/mol. The van der Waals surface area contributed by atoms with Crippen LogP contribution in [0, 0.1) is 5.92 Å². The number of hydrogen-bond acceptors (Lipinski definition) is 4. The summed E-state index contributed by atoms with van der Waals surface area (Å²) < 4.78 is 4.97. The predicted octanol–water partition coefficient (Wildman–Crippen LogP) is 4.34. The molecule has 1 atom stereocenters. The maximum Gasteiger partial charge on any atom is 0.328 e. The molecule has 0 saturated carbocycles. The number of hydrogen-bond donors (Lipinski definition) is 1. The predicted molar refractivity (Wildman–Crippen MR) is 108 cm³/mol. The number of carbonyl (C=O) groups excluding carboxylic acids is 3. The van der Waals surface area contributed by atoms with Crippen molar-refractivity contribution in [3.8, 4) is 0 Å². The summed E-state index contributed by atoms with van der Waals surface area (Å²) in [5.41, 5.74) is 1.29. The number of esters is 1. The molecule has 0 saturated heterocycles. The number of nitrogens with zero attached hydrogens (tertiary/aromatic N) is 1. The molecule has 0 fully saturated rings. The molecule has 1 N–H and O–H groups in total. The van der Waals surface area contributed by atoms with E-state index in [0.717, 1.165) is 10.5 Å². The first-order chi connectivity index (χ1) is 13.4. The van der Waals surface area contributed by atoms with Crippen molar-refractivity contribution in [3.63, 3.8) is 0 Å². The largest absolute Gasteiger partial charge is 0.466 e. The third kappa shape index (κ3) is 5.72. The van der Waals surface area contributed by atoms with Crippen molar-refractivity contribution in [2.24, 2.45) is 5.92 Å². The van der Waals surface area contributed by atoms with Crippen LogP contribution in [0.4, 0.5) is 4.79 Å². The maximum atomic E-state index is 13.1. The van der Waals surface area contributed by atoms with Crippen LogP contribution in [-0.2, 0) is 20.7 Å². The summed E-state index contributed by atoms with van der Waals surface area (Å²) in [7, 11) is 0. The standard InChI is InChI=1S/C20H24Cl2N2O4/c1-3-23-20(27)24-16(10-13-8-9-15(21)12-17(13)22)7-5-6-14(19(24)26)11-18(25)28-4-2/h7-9,12,14H,3-6,10-11H2,1-2H3,(H,23,27). The van der Waals surface area contributed by atoms with Crippen molar-refractivity contribution in [3.05, 3.63) is 45.6 Å². The van der Waals surface area contributed by atoms with Gasteiger partial charge < -0.3 is 10.1 Å². The van der Waals surface area contributed by atoms with Gasteiger partial charge in [-0.15, -0.1) is 0 Å². The van der Waals surface area contributed by atoms with Crippen LogP contribution >= 0.6 is 23.2 Å². The normalized spacial score (nSPS) is 17.0. The number of rotatable bonds is 6. The minimum atomic E-state index is -0.615. The third-order valence-electron chi connectivity index (χ3n) is 4.39. The molecule has 1 aromatic rings. The number of benzene rings is 1. The van der Waals surface area contributed by atoms with Gasteiger partial charge in [0.2, 0.25) is 5.91 Å². The molecule has 0 bridgehead atoms. The zero-order chi connectivity index (χ0) is 20.7. The Labute approximate surface area is 174 Å². The molecule has 1 aliphatic heterocycles. The van der Waals surface area contributed by atoms with Gasteiger partial charge in [-0.3, -0.25) is 9.59 Å². The first-order valence-corrected chi connectivity index (χ1v) is 10.0. The van der Waals surface area contributed by atoms with Gasteiger partial charge in [0.1, 0.15) is 0 Å². The lowest BCUT2D eigenvalue weighted by molar-refractivity contribution is -0.147. The molecule has 1 unspecified atom stereocenters. The second-order valence-electron chi connectivity index (χ2n) is 6.40. The number of amides is 3. The van der Waals surface area contributed by atoms with E-state index in [1.165, 1.54) is 0 Å². The van der Waals surface area contributed by atoms with E-state index >= 15 is 0 Å². The van der Waals surface area contributed by atoms with Gasteiger partial charge in [0.05, 0.1) is 13.0 Å². The molecule has 1 aromatic carbocycles. The molecule has 0 aliphatic carbocycles. The highest BCUT2D eigenvalue weighted by Gasteiger charge is 2.34. The molecule has 3 amide bonds. The first kappa shape index (κ1) is 22.2. The fraction of sp³-hybridized carbons (Fsp3) is 0.450. The van der Waals surface area contributed by atoms with E-state index in [-0.39, 0.29) is 13.0 Å². The summed E-state index contributed by atoms with van der Waals surface area (Å²) in [5, 5.41) is 3.64. The van der Waals surface area contributed by atoms with E-state index < -0.39 is 23.8 Å². The molecule has 152 valence electrons. The Kier molecular flexibility index (Phi) is 8.33. The molecule has 1 heterocycles. The molecule has 0 spiro atoms. The van der Waals surface area contributed by atoms with Crippen LogP contribution in [0.2, 0.25) is 10.0 Å². The molecule has 6 nitrogen and oxygen atoms in total. The van der Waals surface area contributed by atoms with Gasteiger partial charge in [0.25, 0.3) is 0 Å². The number of imide groups is 1. The average Bonchev–Trinajstić information content (AvgIpc) is 2.77. The van der Waals surface area contributed by atoms with Gasteiger partial charge in [-0.05, 0) is 44.4 Å². The quantitative estimate of drug-likeness (QED) is 0.686. The molecule has 2 rings (SSSR count). The highest BCUT2D eigenvalue weighted by atomic mass is 35.5. The van der Waals surface area contributed by atoms with Gasteiger partial charge in [0.15, 0.2) is 0 Å². The fourth-order valence-electron chi connectivity index (χ4n) is 3.07. The summed E-state index contributed by atoms with van der Waals surface area (Å²) in [6, 6.07) is 4.59. The van der Waals surface area contributed by atoms with Crippen LogP contribution < -0.4 is 5.32 Å². The Hall–Kier alpha value is -2.05. The van der Waals surface area contributed by atoms with Crippen molar-refractivity contribution in [1.82, 2.24) is 10.2 Å². The zero-order valence-corrected chi connectivity index (χ0v) is 17.5. The molecule has 28 heavy (non-hydrogen) atoms.